The van der Waals surface area contributed by atoms with E-state index in [2.05, 4.69) is 36.1 Å². The summed E-state index contributed by atoms with van der Waals surface area (Å²) in [6.45, 7) is 4.68. The van der Waals surface area contributed by atoms with E-state index in [1.165, 1.54) is 5.56 Å². The average molecular weight is 261 g/mol. The lowest BCUT2D eigenvalue weighted by Gasteiger charge is -2.04. The van der Waals surface area contributed by atoms with Crippen LogP contribution < -0.4 is 5.73 Å². The second-order valence-corrected chi connectivity index (χ2v) is 4.80. The second kappa shape index (κ2) is 5.95. The van der Waals surface area contributed by atoms with Crippen LogP contribution in [-0.2, 0) is 4.74 Å². The highest BCUT2D eigenvalue weighted by molar-refractivity contribution is 5.53. The smallest absolute Gasteiger partial charge is 0.257 e. The molecule has 0 saturated carbocycles. The molecule has 0 aliphatic carbocycles. The lowest BCUT2D eigenvalue weighted by atomic mass is 10.0. The molecule has 1 aromatic heterocycles. The van der Waals surface area contributed by atoms with Gasteiger partial charge in [-0.25, -0.2) is 0 Å². The van der Waals surface area contributed by atoms with Crippen molar-refractivity contribution >= 4 is 0 Å². The average Bonchev–Trinajstić information content (AvgIpc) is 2.89. The van der Waals surface area contributed by atoms with Crippen LogP contribution in [0.1, 0.15) is 37.2 Å². The van der Waals surface area contributed by atoms with Gasteiger partial charge in [-0.2, -0.15) is 4.98 Å². The standard InChI is InChI=1S/C14H19N3O2/c1-9(2)10-4-6-11(7-5-10)14-16-13(17-19-14)12(15)8-18-3/h4-7,9,12H,8,15H2,1-3H3. The molecule has 0 aliphatic rings. The minimum absolute atomic E-state index is 0.363. The van der Waals surface area contributed by atoms with Crippen molar-refractivity contribution in [2.45, 2.75) is 25.8 Å². The quantitative estimate of drug-likeness (QED) is 0.895. The first-order chi connectivity index (χ1) is 9.11. The molecule has 19 heavy (non-hydrogen) atoms. The highest BCUT2D eigenvalue weighted by atomic mass is 16.5. The first-order valence-electron chi connectivity index (χ1n) is 6.30. The number of hydrogen-bond acceptors (Lipinski definition) is 5. The summed E-state index contributed by atoms with van der Waals surface area (Å²) in [6, 6.07) is 7.73. The van der Waals surface area contributed by atoms with Crippen LogP contribution in [0.5, 0.6) is 0 Å². The molecule has 1 atom stereocenters. The highest BCUT2D eigenvalue weighted by Crippen LogP contribution is 2.22. The molecule has 2 aromatic rings. The van der Waals surface area contributed by atoms with Crippen LogP contribution >= 0.6 is 0 Å². The Bertz CT molecular complexity index is 520. The van der Waals surface area contributed by atoms with Crippen LogP contribution in [0.2, 0.25) is 0 Å². The number of hydrogen-bond donors (Lipinski definition) is 1. The normalized spacial score (nSPS) is 12.9. The van der Waals surface area contributed by atoms with E-state index < -0.39 is 0 Å². The summed E-state index contributed by atoms with van der Waals surface area (Å²) in [7, 11) is 1.59. The zero-order chi connectivity index (χ0) is 13.8. The van der Waals surface area contributed by atoms with Gasteiger partial charge < -0.3 is 15.0 Å². The summed E-state index contributed by atoms with van der Waals surface area (Å²) in [5, 5.41) is 3.88. The molecule has 0 radical (unpaired) electrons. The topological polar surface area (TPSA) is 74.2 Å². The summed E-state index contributed by atoms with van der Waals surface area (Å²) in [5.74, 6) is 1.45. The molecule has 102 valence electrons. The Balaban J connectivity index is 2.18. The van der Waals surface area contributed by atoms with Crippen molar-refractivity contribution in [3.63, 3.8) is 0 Å². The summed E-state index contributed by atoms with van der Waals surface area (Å²) in [6.07, 6.45) is 0. The van der Waals surface area contributed by atoms with E-state index in [0.717, 1.165) is 5.56 Å². The number of aromatic nitrogens is 2. The van der Waals surface area contributed by atoms with Crippen LogP contribution in [0.15, 0.2) is 28.8 Å². The fraction of sp³-hybridized carbons (Fsp3) is 0.429. The van der Waals surface area contributed by atoms with E-state index in [1.807, 2.05) is 12.1 Å². The molecule has 0 bridgehead atoms. The van der Waals surface area contributed by atoms with Crippen molar-refractivity contribution in [3.8, 4) is 11.5 Å². The predicted molar refractivity (Wildman–Crippen MR) is 72.6 cm³/mol. The first kappa shape index (κ1) is 13.7. The third-order valence-electron chi connectivity index (χ3n) is 2.94. The number of benzene rings is 1. The minimum atomic E-state index is -0.363. The van der Waals surface area contributed by atoms with Crippen molar-refractivity contribution < 1.29 is 9.26 Å². The van der Waals surface area contributed by atoms with Gasteiger partial charge in [-0.15, -0.1) is 0 Å². The fourth-order valence-corrected chi connectivity index (χ4v) is 1.77. The number of ether oxygens (including phenoxy) is 1. The third kappa shape index (κ3) is 3.19. The molecule has 0 fully saturated rings. The Labute approximate surface area is 112 Å². The molecule has 0 aliphatic heterocycles. The third-order valence-corrected chi connectivity index (χ3v) is 2.94. The first-order valence-corrected chi connectivity index (χ1v) is 6.30. The van der Waals surface area contributed by atoms with Crippen LogP contribution in [0.3, 0.4) is 0 Å². The largest absolute Gasteiger partial charge is 0.383 e. The van der Waals surface area contributed by atoms with Crippen LogP contribution in [0.4, 0.5) is 0 Å². The van der Waals surface area contributed by atoms with Crippen molar-refractivity contribution in [1.29, 1.82) is 0 Å². The zero-order valence-electron chi connectivity index (χ0n) is 11.5. The molecule has 0 spiro atoms. The zero-order valence-corrected chi connectivity index (χ0v) is 11.5. The molecule has 0 amide bonds. The van der Waals surface area contributed by atoms with Crippen LogP contribution in [0.25, 0.3) is 11.5 Å². The molecule has 5 nitrogen and oxygen atoms in total. The molecule has 2 rings (SSSR count). The maximum atomic E-state index is 5.85. The van der Waals surface area contributed by atoms with Gasteiger partial charge in [-0.1, -0.05) is 31.1 Å². The van der Waals surface area contributed by atoms with E-state index in [0.29, 0.717) is 24.2 Å². The molecule has 1 heterocycles. The van der Waals surface area contributed by atoms with E-state index in [4.69, 9.17) is 15.0 Å². The minimum Gasteiger partial charge on any atom is -0.383 e. The lowest BCUT2D eigenvalue weighted by molar-refractivity contribution is 0.177. The van der Waals surface area contributed by atoms with Gasteiger partial charge in [-0.05, 0) is 23.6 Å². The van der Waals surface area contributed by atoms with E-state index >= 15 is 0 Å². The van der Waals surface area contributed by atoms with Gasteiger partial charge in [0.2, 0.25) is 0 Å². The lowest BCUT2D eigenvalue weighted by Crippen LogP contribution is -2.17. The maximum Gasteiger partial charge on any atom is 0.257 e. The Morgan fingerprint density at radius 1 is 1.26 bits per heavy atom. The van der Waals surface area contributed by atoms with Crippen molar-refractivity contribution in [2.75, 3.05) is 13.7 Å². The van der Waals surface area contributed by atoms with Gasteiger partial charge in [0.25, 0.3) is 5.89 Å². The van der Waals surface area contributed by atoms with Crippen molar-refractivity contribution in [2.24, 2.45) is 5.73 Å². The summed E-state index contributed by atoms with van der Waals surface area (Å²) < 4.78 is 10.2. The van der Waals surface area contributed by atoms with Gasteiger partial charge in [-0.3, -0.25) is 0 Å². The van der Waals surface area contributed by atoms with Crippen LogP contribution in [-0.4, -0.2) is 23.9 Å². The Morgan fingerprint density at radius 2 is 1.95 bits per heavy atom. The summed E-state index contributed by atoms with van der Waals surface area (Å²) in [4.78, 5) is 4.29. The number of nitrogens with two attached hydrogens (primary N) is 1. The van der Waals surface area contributed by atoms with E-state index in [1.54, 1.807) is 7.11 Å². The second-order valence-electron chi connectivity index (χ2n) is 4.80. The Morgan fingerprint density at radius 3 is 2.53 bits per heavy atom. The fourth-order valence-electron chi connectivity index (χ4n) is 1.77. The van der Waals surface area contributed by atoms with Gasteiger partial charge in [0.15, 0.2) is 5.82 Å². The molecule has 2 N–H and O–H groups in total. The molecule has 1 unspecified atom stereocenters. The molecule has 1 aromatic carbocycles. The molecular weight excluding hydrogens is 242 g/mol. The van der Waals surface area contributed by atoms with E-state index in [-0.39, 0.29) is 6.04 Å². The Kier molecular flexibility index (Phi) is 4.29. The molecule has 5 heteroatoms. The number of methoxy groups -OCH3 is 1. The molecular formula is C14H19N3O2. The van der Waals surface area contributed by atoms with Gasteiger partial charge in [0.05, 0.1) is 12.6 Å². The summed E-state index contributed by atoms with van der Waals surface area (Å²) >= 11 is 0. The SMILES string of the molecule is COCC(N)c1noc(-c2ccc(C(C)C)cc2)n1. The summed E-state index contributed by atoms with van der Waals surface area (Å²) in [5.41, 5.74) is 8.02. The number of nitrogens with zero attached hydrogens (tertiary/aromatic N) is 2. The highest BCUT2D eigenvalue weighted by Gasteiger charge is 2.15. The van der Waals surface area contributed by atoms with Crippen molar-refractivity contribution in [1.82, 2.24) is 10.1 Å². The van der Waals surface area contributed by atoms with Gasteiger partial charge >= 0.3 is 0 Å². The van der Waals surface area contributed by atoms with Gasteiger partial charge in [0, 0.05) is 12.7 Å². The van der Waals surface area contributed by atoms with E-state index in [9.17, 15) is 0 Å². The monoisotopic (exact) mass is 261 g/mol. The Hall–Kier alpha value is -1.72. The predicted octanol–water partition coefficient (Wildman–Crippen LogP) is 2.51. The van der Waals surface area contributed by atoms with Crippen molar-refractivity contribution in [3.05, 3.63) is 35.7 Å². The number of rotatable bonds is 5. The maximum absolute atomic E-state index is 5.85. The van der Waals surface area contributed by atoms with Crippen LogP contribution in [0, 0.1) is 0 Å². The molecule has 0 saturated heterocycles. The van der Waals surface area contributed by atoms with Gasteiger partial charge in [0.1, 0.15) is 0 Å².